The Morgan fingerprint density at radius 3 is 2.55 bits per heavy atom. The fourth-order valence-electron chi connectivity index (χ4n) is 5.14. The van der Waals surface area contributed by atoms with Crippen LogP contribution in [0.4, 0.5) is 4.79 Å². The fraction of sp³-hybridized carbons (Fsp3) is 0.600. The number of amides is 1. The molecule has 1 aromatic carbocycles. The van der Waals surface area contributed by atoms with Crippen LogP contribution in [0.2, 0.25) is 10.0 Å². The van der Waals surface area contributed by atoms with E-state index in [4.69, 9.17) is 37.2 Å². The lowest BCUT2D eigenvalue weighted by Gasteiger charge is -2.25. The van der Waals surface area contributed by atoms with Crippen LogP contribution in [-0.4, -0.2) is 40.9 Å². The zero-order valence-electron chi connectivity index (χ0n) is 19.3. The van der Waals surface area contributed by atoms with Gasteiger partial charge in [0.1, 0.15) is 17.1 Å². The summed E-state index contributed by atoms with van der Waals surface area (Å²) in [5, 5.41) is 5.45. The zero-order valence-corrected chi connectivity index (χ0v) is 20.8. The number of hydrogen-bond acceptors (Lipinski definition) is 5. The molecule has 1 aromatic heterocycles. The van der Waals surface area contributed by atoms with Crippen molar-refractivity contribution in [2.75, 3.05) is 13.1 Å². The normalized spacial score (nSPS) is 24.9. The summed E-state index contributed by atoms with van der Waals surface area (Å²) in [5.41, 5.74) is 1.81. The van der Waals surface area contributed by atoms with E-state index >= 15 is 0 Å². The summed E-state index contributed by atoms with van der Waals surface area (Å²) in [7, 11) is 0. The molecule has 3 atom stereocenters. The van der Waals surface area contributed by atoms with Gasteiger partial charge >= 0.3 is 6.09 Å². The molecule has 0 unspecified atom stereocenters. The number of nitrogens with zero attached hydrogens (tertiary/aromatic N) is 2. The molecular formula is C25H30Cl2N2O4. The molecule has 33 heavy (non-hydrogen) atoms. The number of rotatable bonds is 5. The van der Waals surface area contributed by atoms with Gasteiger partial charge in [0, 0.05) is 36.1 Å². The van der Waals surface area contributed by atoms with Gasteiger partial charge in [0.2, 0.25) is 0 Å². The molecule has 0 spiro atoms. The minimum atomic E-state index is -0.492. The highest BCUT2D eigenvalue weighted by Gasteiger charge is 2.46. The van der Waals surface area contributed by atoms with Gasteiger partial charge in [0.15, 0.2) is 0 Å². The molecule has 5 rings (SSSR count). The first-order chi connectivity index (χ1) is 15.7. The van der Waals surface area contributed by atoms with E-state index in [1.807, 2.05) is 43.9 Å². The molecule has 3 fully saturated rings. The van der Waals surface area contributed by atoms with E-state index in [0.29, 0.717) is 52.2 Å². The van der Waals surface area contributed by atoms with Crippen molar-refractivity contribution in [1.29, 1.82) is 0 Å². The number of benzene rings is 1. The molecule has 2 saturated carbocycles. The Bertz CT molecular complexity index is 1020. The number of fused-ring (bicyclic) bond motifs is 1. The Hall–Kier alpha value is -1.76. The predicted octanol–water partition coefficient (Wildman–Crippen LogP) is 6.69. The highest BCUT2D eigenvalue weighted by Crippen LogP contribution is 2.47. The van der Waals surface area contributed by atoms with Crippen LogP contribution < -0.4 is 0 Å². The Kier molecular flexibility index (Phi) is 6.13. The molecule has 1 saturated heterocycles. The molecule has 0 radical (unpaired) electrons. The lowest BCUT2D eigenvalue weighted by molar-refractivity contribution is 0.00675. The first-order valence-electron chi connectivity index (χ1n) is 11.7. The van der Waals surface area contributed by atoms with E-state index in [0.717, 1.165) is 43.6 Å². The molecular weight excluding hydrogens is 463 g/mol. The number of likely N-dealkylation sites (tertiary alicyclic amines) is 1. The van der Waals surface area contributed by atoms with E-state index in [1.165, 1.54) is 0 Å². The molecule has 8 heteroatoms. The summed E-state index contributed by atoms with van der Waals surface area (Å²) in [6.45, 7) is 7.49. The molecule has 2 heterocycles. The quantitative estimate of drug-likeness (QED) is 0.465. The first kappa shape index (κ1) is 23.0. The van der Waals surface area contributed by atoms with Crippen molar-refractivity contribution in [3.8, 4) is 11.3 Å². The minimum Gasteiger partial charge on any atom is -0.444 e. The number of halogens is 2. The second-order valence-electron chi connectivity index (χ2n) is 10.5. The van der Waals surface area contributed by atoms with E-state index < -0.39 is 5.60 Å². The average Bonchev–Trinajstić information content (AvgIpc) is 3.18. The monoisotopic (exact) mass is 492 g/mol. The van der Waals surface area contributed by atoms with Crippen molar-refractivity contribution in [2.45, 2.75) is 70.7 Å². The Labute approximate surface area is 204 Å². The number of carbonyl (C=O) groups is 1. The molecule has 0 N–H and O–H groups in total. The van der Waals surface area contributed by atoms with Gasteiger partial charge in [-0.1, -0.05) is 34.4 Å². The van der Waals surface area contributed by atoms with Gasteiger partial charge in [-0.05, 0) is 64.5 Å². The number of carbonyl (C=O) groups excluding carboxylic acids is 1. The maximum absolute atomic E-state index is 12.6. The van der Waals surface area contributed by atoms with E-state index in [2.05, 4.69) is 5.16 Å². The molecule has 1 aliphatic heterocycles. The number of aromatic nitrogens is 1. The van der Waals surface area contributed by atoms with E-state index in [9.17, 15) is 4.79 Å². The maximum Gasteiger partial charge on any atom is 0.410 e. The lowest BCUT2D eigenvalue weighted by atomic mass is 9.99. The molecule has 2 aromatic rings. The molecule has 1 amide bonds. The van der Waals surface area contributed by atoms with Crippen molar-refractivity contribution < 1.29 is 18.8 Å². The van der Waals surface area contributed by atoms with E-state index in [-0.39, 0.29) is 12.2 Å². The third-order valence-electron chi connectivity index (χ3n) is 6.85. The maximum atomic E-state index is 12.6. The Morgan fingerprint density at radius 2 is 1.88 bits per heavy atom. The summed E-state index contributed by atoms with van der Waals surface area (Å²) in [5.74, 6) is 2.04. The summed E-state index contributed by atoms with van der Waals surface area (Å²) < 4.78 is 17.8. The van der Waals surface area contributed by atoms with Crippen LogP contribution in [0.15, 0.2) is 22.7 Å². The molecule has 0 bridgehead atoms. The third-order valence-corrected chi connectivity index (χ3v) is 7.48. The van der Waals surface area contributed by atoms with Crippen molar-refractivity contribution in [2.24, 2.45) is 11.8 Å². The van der Waals surface area contributed by atoms with Crippen LogP contribution in [0.25, 0.3) is 11.3 Å². The highest BCUT2D eigenvalue weighted by molar-refractivity contribution is 6.39. The summed E-state index contributed by atoms with van der Waals surface area (Å²) in [6.07, 6.45) is 4.08. The van der Waals surface area contributed by atoms with Gasteiger partial charge in [0.25, 0.3) is 0 Å². The summed E-state index contributed by atoms with van der Waals surface area (Å²) in [6, 6.07) is 5.44. The van der Waals surface area contributed by atoms with Crippen LogP contribution in [0, 0.1) is 11.8 Å². The van der Waals surface area contributed by atoms with Crippen LogP contribution >= 0.6 is 23.2 Å². The molecule has 2 aliphatic carbocycles. The Balaban J connectivity index is 1.31. The predicted molar refractivity (Wildman–Crippen MR) is 127 cm³/mol. The summed E-state index contributed by atoms with van der Waals surface area (Å²) >= 11 is 13.0. The SMILES string of the molecule is CC(C)(C)OC(=O)N1C[C@H]2CC[C@H](OCc3c(-c4c(Cl)cccc4Cl)noc3C3CC3)[C@H]2C1. The van der Waals surface area contributed by atoms with E-state index in [1.54, 1.807) is 0 Å². The van der Waals surface area contributed by atoms with Crippen LogP contribution in [-0.2, 0) is 16.1 Å². The number of ether oxygens (including phenoxy) is 2. The third kappa shape index (κ3) is 4.75. The van der Waals surface area contributed by atoms with Crippen LogP contribution in [0.1, 0.15) is 63.7 Å². The van der Waals surface area contributed by atoms with Crippen LogP contribution in [0.3, 0.4) is 0 Å². The molecule has 3 aliphatic rings. The van der Waals surface area contributed by atoms with Gasteiger partial charge in [-0.3, -0.25) is 0 Å². The lowest BCUT2D eigenvalue weighted by Crippen LogP contribution is -2.36. The average molecular weight is 493 g/mol. The fourth-order valence-corrected chi connectivity index (χ4v) is 5.71. The second-order valence-corrected chi connectivity index (χ2v) is 11.3. The molecule has 6 nitrogen and oxygen atoms in total. The van der Waals surface area contributed by atoms with Gasteiger partial charge in [-0.15, -0.1) is 0 Å². The largest absolute Gasteiger partial charge is 0.444 e. The van der Waals surface area contributed by atoms with Crippen molar-refractivity contribution in [1.82, 2.24) is 10.1 Å². The number of hydrogen-bond donors (Lipinski definition) is 0. The van der Waals surface area contributed by atoms with Gasteiger partial charge in [-0.2, -0.15) is 0 Å². The van der Waals surface area contributed by atoms with Crippen molar-refractivity contribution in [3.63, 3.8) is 0 Å². The molecule has 178 valence electrons. The second kappa shape index (κ2) is 8.79. The standard InChI is InChI=1S/C25H30Cl2N2O4/c1-25(2,3)32-24(30)29-11-15-9-10-20(16(15)12-29)31-13-17-22(28-33-23(17)14-7-8-14)21-18(26)5-4-6-19(21)27/h4-6,14-16,20H,7-13H2,1-3H3/t15-,16+,20+/m1/s1. The smallest absolute Gasteiger partial charge is 0.410 e. The summed E-state index contributed by atoms with van der Waals surface area (Å²) in [4.78, 5) is 14.4. The Morgan fingerprint density at radius 1 is 1.15 bits per heavy atom. The zero-order chi connectivity index (χ0) is 23.3. The van der Waals surface area contributed by atoms with Gasteiger partial charge < -0.3 is 18.9 Å². The minimum absolute atomic E-state index is 0.0824. The van der Waals surface area contributed by atoms with Crippen molar-refractivity contribution >= 4 is 29.3 Å². The van der Waals surface area contributed by atoms with Gasteiger partial charge in [-0.25, -0.2) is 4.79 Å². The van der Waals surface area contributed by atoms with Crippen LogP contribution in [0.5, 0.6) is 0 Å². The topological polar surface area (TPSA) is 64.8 Å². The van der Waals surface area contributed by atoms with Crippen molar-refractivity contribution in [3.05, 3.63) is 39.6 Å². The first-order valence-corrected chi connectivity index (χ1v) is 12.5. The van der Waals surface area contributed by atoms with Gasteiger partial charge in [0.05, 0.1) is 22.8 Å². The highest BCUT2D eigenvalue weighted by atomic mass is 35.5.